The summed E-state index contributed by atoms with van der Waals surface area (Å²) < 4.78 is 12.6. The minimum atomic E-state index is 0.889. The SMILES string of the molecule is c1ccc2c(-c3ccc(-c4ccc5oc6cc7c(ccc8oc9ccccc9c87)cc6c5c4)cc3)c3ccccc3cc2c1. The highest BCUT2D eigenvalue weighted by Crippen LogP contribution is 2.41. The number of para-hydroxylation sites is 1. The van der Waals surface area contributed by atoms with Crippen molar-refractivity contribution in [3.8, 4) is 22.3 Å². The topological polar surface area (TPSA) is 26.3 Å². The Bertz CT molecular complexity index is 2700. The van der Waals surface area contributed by atoms with Crippen LogP contribution in [0.2, 0.25) is 0 Å². The first-order valence-electron chi connectivity index (χ1n) is 15.0. The smallest absolute Gasteiger partial charge is 0.136 e. The van der Waals surface area contributed by atoms with E-state index in [0.717, 1.165) is 49.3 Å². The molecule has 0 bridgehead atoms. The van der Waals surface area contributed by atoms with Crippen molar-refractivity contribution in [1.82, 2.24) is 0 Å². The number of benzene rings is 8. The van der Waals surface area contributed by atoms with Gasteiger partial charge in [0.15, 0.2) is 0 Å². The minimum Gasteiger partial charge on any atom is -0.456 e. The molecule has 0 fully saturated rings. The Morgan fingerprint density at radius 2 is 0.864 bits per heavy atom. The standard InChI is InChI=1S/C42H24O2/c1-3-9-31-28(7-1)21-29-8-2-4-10-32(29)41(31)26-15-13-25(14-16-26)27-17-19-38-35(22-27)36-23-30-18-20-39-42(34(30)24-40(36)44-38)33-11-5-6-12-37(33)43-39/h1-24H. The number of rotatable bonds is 2. The van der Waals surface area contributed by atoms with Gasteiger partial charge in [-0.25, -0.2) is 0 Å². The van der Waals surface area contributed by atoms with Gasteiger partial charge in [-0.05, 0) is 97.0 Å². The third-order valence-electron chi connectivity index (χ3n) is 9.23. The largest absolute Gasteiger partial charge is 0.456 e. The second-order valence-corrected chi connectivity index (χ2v) is 11.7. The molecule has 0 saturated carbocycles. The van der Waals surface area contributed by atoms with Gasteiger partial charge < -0.3 is 8.83 Å². The molecule has 0 saturated heterocycles. The van der Waals surface area contributed by atoms with Gasteiger partial charge >= 0.3 is 0 Å². The summed E-state index contributed by atoms with van der Waals surface area (Å²) in [7, 11) is 0. The maximum atomic E-state index is 6.42. The molecular formula is C42H24O2. The summed E-state index contributed by atoms with van der Waals surface area (Å²) in [6.45, 7) is 0. The molecular weight excluding hydrogens is 536 g/mol. The highest BCUT2D eigenvalue weighted by atomic mass is 16.3. The lowest BCUT2D eigenvalue weighted by atomic mass is 9.91. The van der Waals surface area contributed by atoms with Crippen molar-refractivity contribution in [2.75, 3.05) is 0 Å². The molecule has 2 nitrogen and oxygen atoms in total. The van der Waals surface area contributed by atoms with Gasteiger partial charge in [0.05, 0.1) is 0 Å². The third-order valence-corrected chi connectivity index (χ3v) is 9.23. The Labute approximate surface area is 252 Å². The van der Waals surface area contributed by atoms with Crippen molar-refractivity contribution in [2.24, 2.45) is 0 Å². The maximum absolute atomic E-state index is 6.42. The van der Waals surface area contributed by atoms with E-state index in [9.17, 15) is 0 Å². The Hall–Kier alpha value is -5.86. The highest BCUT2D eigenvalue weighted by molar-refractivity contribution is 6.22. The normalized spacial score (nSPS) is 12.1. The molecule has 0 N–H and O–H groups in total. The zero-order valence-electron chi connectivity index (χ0n) is 23.7. The van der Waals surface area contributed by atoms with Crippen LogP contribution in [0.25, 0.3) is 98.4 Å². The minimum absolute atomic E-state index is 0.889. The predicted molar refractivity (Wildman–Crippen MR) is 184 cm³/mol. The molecule has 0 atom stereocenters. The first kappa shape index (κ1) is 23.7. The highest BCUT2D eigenvalue weighted by Gasteiger charge is 2.15. The fourth-order valence-electron chi connectivity index (χ4n) is 7.15. The van der Waals surface area contributed by atoms with Crippen LogP contribution in [-0.2, 0) is 0 Å². The van der Waals surface area contributed by atoms with Crippen molar-refractivity contribution in [3.63, 3.8) is 0 Å². The van der Waals surface area contributed by atoms with Crippen LogP contribution < -0.4 is 0 Å². The molecule has 0 aliphatic carbocycles. The molecule has 0 aliphatic heterocycles. The summed E-state index contributed by atoms with van der Waals surface area (Å²) in [5.41, 5.74) is 8.45. The van der Waals surface area contributed by atoms with Gasteiger partial charge in [-0.2, -0.15) is 0 Å². The lowest BCUT2D eigenvalue weighted by molar-refractivity contribution is 0.669. The molecule has 10 aromatic rings. The Balaban J connectivity index is 1.11. The van der Waals surface area contributed by atoms with Crippen LogP contribution in [0.4, 0.5) is 0 Å². The Morgan fingerprint density at radius 1 is 0.295 bits per heavy atom. The van der Waals surface area contributed by atoms with Gasteiger partial charge in [-0.3, -0.25) is 0 Å². The molecule has 0 radical (unpaired) electrons. The van der Waals surface area contributed by atoms with Gasteiger partial charge in [-0.15, -0.1) is 0 Å². The molecule has 0 unspecified atom stereocenters. The van der Waals surface area contributed by atoms with Crippen molar-refractivity contribution in [3.05, 3.63) is 146 Å². The monoisotopic (exact) mass is 560 g/mol. The Morgan fingerprint density at radius 3 is 1.66 bits per heavy atom. The van der Waals surface area contributed by atoms with Crippen molar-refractivity contribution in [2.45, 2.75) is 0 Å². The van der Waals surface area contributed by atoms with E-state index in [0.29, 0.717) is 0 Å². The average Bonchev–Trinajstić information content (AvgIpc) is 3.64. The van der Waals surface area contributed by atoms with E-state index < -0.39 is 0 Å². The molecule has 0 spiro atoms. The predicted octanol–water partition coefficient (Wildman–Crippen LogP) is 12.3. The van der Waals surface area contributed by atoms with E-state index in [1.165, 1.54) is 49.2 Å². The summed E-state index contributed by atoms with van der Waals surface area (Å²) in [5, 5.41) is 11.9. The molecule has 204 valence electrons. The van der Waals surface area contributed by atoms with Crippen LogP contribution in [-0.4, -0.2) is 0 Å². The number of hydrogen-bond acceptors (Lipinski definition) is 2. The van der Waals surface area contributed by atoms with E-state index in [2.05, 4.69) is 133 Å². The van der Waals surface area contributed by atoms with E-state index in [4.69, 9.17) is 8.83 Å². The molecule has 8 aromatic carbocycles. The lowest BCUT2D eigenvalue weighted by Crippen LogP contribution is -1.86. The molecule has 10 rings (SSSR count). The summed E-state index contributed by atoms with van der Waals surface area (Å²) in [4.78, 5) is 0. The molecule has 2 aromatic heterocycles. The van der Waals surface area contributed by atoms with E-state index in [1.807, 2.05) is 12.1 Å². The summed E-state index contributed by atoms with van der Waals surface area (Å²) >= 11 is 0. The number of fused-ring (bicyclic) bond motifs is 10. The first-order chi connectivity index (χ1) is 21.8. The fourth-order valence-corrected chi connectivity index (χ4v) is 7.15. The molecule has 44 heavy (non-hydrogen) atoms. The van der Waals surface area contributed by atoms with Crippen LogP contribution in [0.15, 0.2) is 154 Å². The molecule has 2 heteroatoms. The van der Waals surface area contributed by atoms with Gasteiger partial charge in [0.2, 0.25) is 0 Å². The number of hydrogen-bond donors (Lipinski definition) is 0. The van der Waals surface area contributed by atoms with Crippen LogP contribution >= 0.6 is 0 Å². The zero-order chi connectivity index (χ0) is 28.8. The van der Waals surface area contributed by atoms with Crippen LogP contribution in [0, 0.1) is 0 Å². The fraction of sp³-hybridized carbons (Fsp3) is 0. The quantitative estimate of drug-likeness (QED) is 0.197. The van der Waals surface area contributed by atoms with Crippen molar-refractivity contribution >= 4 is 76.2 Å². The van der Waals surface area contributed by atoms with E-state index >= 15 is 0 Å². The molecule has 0 amide bonds. The molecule has 2 heterocycles. The number of furan rings is 2. The van der Waals surface area contributed by atoms with Gasteiger partial charge in [0.1, 0.15) is 22.3 Å². The summed E-state index contributed by atoms with van der Waals surface area (Å²) in [5.74, 6) is 0. The van der Waals surface area contributed by atoms with Crippen LogP contribution in [0.3, 0.4) is 0 Å². The van der Waals surface area contributed by atoms with Crippen molar-refractivity contribution < 1.29 is 8.83 Å². The molecule has 0 aliphatic rings. The summed E-state index contributed by atoms with van der Waals surface area (Å²) in [6, 6.07) is 52.1. The van der Waals surface area contributed by atoms with Gasteiger partial charge in [0, 0.05) is 21.5 Å². The zero-order valence-corrected chi connectivity index (χ0v) is 23.7. The van der Waals surface area contributed by atoms with Gasteiger partial charge in [0.25, 0.3) is 0 Å². The average molecular weight is 561 g/mol. The maximum Gasteiger partial charge on any atom is 0.136 e. The lowest BCUT2D eigenvalue weighted by Gasteiger charge is -2.13. The van der Waals surface area contributed by atoms with E-state index in [1.54, 1.807) is 0 Å². The van der Waals surface area contributed by atoms with Crippen LogP contribution in [0.5, 0.6) is 0 Å². The van der Waals surface area contributed by atoms with E-state index in [-0.39, 0.29) is 0 Å². The van der Waals surface area contributed by atoms with Crippen molar-refractivity contribution in [1.29, 1.82) is 0 Å². The summed E-state index contributed by atoms with van der Waals surface area (Å²) in [6.07, 6.45) is 0. The second-order valence-electron chi connectivity index (χ2n) is 11.7. The Kier molecular flexibility index (Phi) is 4.75. The second kappa shape index (κ2) is 8.82. The third kappa shape index (κ3) is 3.37. The van der Waals surface area contributed by atoms with Crippen LogP contribution in [0.1, 0.15) is 0 Å². The van der Waals surface area contributed by atoms with Gasteiger partial charge in [-0.1, -0.05) is 103 Å². The first-order valence-corrected chi connectivity index (χ1v) is 15.0.